The molecule has 13 nitrogen and oxygen atoms in total. The summed E-state index contributed by atoms with van der Waals surface area (Å²) in [6.45, 7) is -0.204. The topological polar surface area (TPSA) is 199 Å². The molecule has 2 saturated heterocycles. The third-order valence-electron chi connectivity index (χ3n) is 8.02. The highest BCUT2D eigenvalue weighted by atomic mass is 16.5. The van der Waals surface area contributed by atoms with Gasteiger partial charge in [0, 0.05) is 24.9 Å². The second-order valence-electron chi connectivity index (χ2n) is 9.96. The summed E-state index contributed by atoms with van der Waals surface area (Å²) in [5.41, 5.74) is 13.1. The number of rotatable bonds is 4. The number of imide groups is 1. The van der Waals surface area contributed by atoms with Gasteiger partial charge in [-0.1, -0.05) is 12.1 Å². The second-order valence-corrected chi connectivity index (χ2v) is 9.96. The maximum absolute atomic E-state index is 13.3. The summed E-state index contributed by atoms with van der Waals surface area (Å²) < 4.78 is 0. The molecule has 190 valence electrons. The van der Waals surface area contributed by atoms with Gasteiger partial charge in [0.1, 0.15) is 12.1 Å². The summed E-state index contributed by atoms with van der Waals surface area (Å²) in [4.78, 5) is 49.1. The molecule has 8 N–H and O–H groups in total. The van der Waals surface area contributed by atoms with Gasteiger partial charge in [0.15, 0.2) is 17.6 Å². The highest BCUT2D eigenvalue weighted by molar-refractivity contribution is 6.02. The number of benzene rings is 1. The number of hydrogen-bond donors (Lipinski definition) is 6. The Labute approximate surface area is 206 Å². The van der Waals surface area contributed by atoms with E-state index in [1.54, 1.807) is 6.07 Å². The number of aryl methyl sites for hydroxylation is 1. The van der Waals surface area contributed by atoms with Gasteiger partial charge in [0.2, 0.25) is 17.6 Å². The molecule has 2 fully saturated rings. The number of hydrogen-bond acceptors (Lipinski definition) is 11. The predicted molar refractivity (Wildman–Crippen MR) is 126 cm³/mol. The summed E-state index contributed by atoms with van der Waals surface area (Å²) in [6, 6.07) is 2.50. The normalized spacial score (nSPS) is 32.0. The highest BCUT2D eigenvalue weighted by Gasteiger charge is 2.73. The van der Waals surface area contributed by atoms with Crippen molar-refractivity contribution in [1.82, 2.24) is 20.4 Å². The molecule has 3 amide bonds. The minimum atomic E-state index is -2.59. The molecule has 2 unspecified atom stereocenters. The van der Waals surface area contributed by atoms with E-state index >= 15 is 0 Å². The summed E-state index contributed by atoms with van der Waals surface area (Å²) in [6.07, 6.45) is 2.86. The first kappa shape index (κ1) is 22.7. The standard InChI is InChI=1S/C23H28N8O5/c24-20-28-18-14(9-30-16(32)7-8-17(30)33)26-21(25)31-10-15(23(35,36)22(18,31)29-20)27-19(34)13-6-2-4-11-3-1-5-12(11)13/h2,4,6,14-15,18,35-36H,1,3,5,7-10H2,(H2,25,26)(H,27,34)(H3,24,28,29)/t14-,15?,18?,22+/m0/s1. The molecule has 5 aliphatic rings. The van der Waals surface area contributed by atoms with Crippen molar-refractivity contribution < 1.29 is 24.6 Å². The first-order chi connectivity index (χ1) is 17.1. The number of carbonyl (C=O) groups is 3. The van der Waals surface area contributed by atoms with Gasteiger partial charge in [-0.15, -0.1) is 0 Å². The first-order valence-electron chi connectivity index (χ1n) is 12.1. The van der Waals surface area contributed by atoms with Gasteiger partial charge in [-0.2, -0.15) is 0 Å². The fraction of sp³-hybridized carbons (Fsp3) is 0.522. The number of nitrogens with two attached hydrogens (primary N) is 2. The van der Waals surface area contributed by atoms with Gasteiger partial charge in [0.25, 0.3) is 5.91 Å². The van der Waals surface area contributed by atoms with Crippen LogP contribution in [0.5, 0.6) is 0 Å². The Morgan fingerprint density at radius 2 is 1.89 bits per heavy atom. The number of aliphatic hydroxyl groups is 2. The Morgan fingerprint density at radius 3 is 2.64 bits per heavy atom. The molecule has 1 aromatic carbocycles. The number of guanidine groups is 2. The number of nitrogens with one attached hydrogen (secondary N) is 2. The number of nitrogens with zero attached hydrogens (tertiary/aromatic N) is 4. The largest absolute Gasteiger partial charge is 0.370 e. The number of fused-ring (bicyclic) bond motifs is 1. The van der Waals surface area contributed by atoms with E-state index < -0.39 is 35.5 Å². The summed E-state index contributed by atoms with van der Waals surface area (Å²) >= 11 is 0. The maximum atomic E-state index is 13.3. The molecule has 1 aromatic rings. The molecule has 36 heavy (non-hydrogen) atoms. The van der Waals surface area contributed by atoms with Crippen LogP contribution in [0.2, 0.25) is 0 Å². The van der Waals surface area contributed by atoms with Crippen LogP contribution in [0, 0.1) is 0 Å². The van der Waals surface area contributed by atoms with Crippen molar-refractivity contribution in [3.63, 3.8) is 0 Å². The van der Waals surface area contributed by atoms with Crippen LogP contribution >= 0.6 is 0 Å². The van der Waals surface area contributed by atoms with Crippen molar-refractivity contribution >= 4 is 29.6 Å². The molecule has 1 aliphatic carbocycles. The summed E-state index contributed by atoms with van der Waals surface area (Å²) in [5, 5.41) is 28.8. The zero-order valence-corrected chi connectivity index (χ0v) is 19.5. The van der Waals surface area contributed by atoms with Crippen LogP contribution in [0.1, 0.15) is 40.7 Å². The van der Waals surface area contributed by atoms with Gasteiger partial charge in [-0.25, -0.2) is 9.98 Å². The van der Waals surface area contributed by atoms with Crippen LogP contribution in [-0.2, 0) is 22.4 Å². The van der Waals surface area contributed by atoms with E-state index in [-0.39, 0.29) is 49.7 Å². The fourth-order valence-corrected chi connectivity index (χ4v) is 6.32. The molecule has 0 saturated carbocycles. The lowest BCUT2D eigenvalue weighted by atomic mass is 9.84. The van der Waals surface area contributed by atoms with E-state index in [4.69, 9.17) is 11.5 Å². The van der Waals surface area contributed by atoms with Crippen LogP contribution in [-0.4, -0.2) is 92.3 Å². The molecule has 1 spiro atoms. The smallest absolute Gasteiger partial charge is 0.252 e. The molecule has 4 aliphatic heterocycles. The fourth-order valence-electron chi connectivity index (χ4n) is 6.32. The van der Waals surface area contributed by atoms with Crippen LogP contribution < -0.4 is 22.1 Å². The summed E-state index contributed by atoms with van der Waals surface area (Å²) in [7, 11) is 0. The molecule has 0 aromatic heterocycles. The van der Waals surface area contributed by atoms with E-state index in [9.17, 15) is 24.6 Å². The number of likely N-dealkylation sites (tertiary alicyclic amines) is 1. The van der Waals surface area contributed by atoms with E-state index in [0.717, 1.165) is 35.3 Å². The Hall–Kier alpha value is -3.71. The second kappa shape index (κ2) is 7.64. The van der Waals surface area contributed by atoms with E-state index in [1.165, 1.54) is 4.90 Å². The van der Waals surface area contributed by atoms with Crippen LogP contribution in [0.25, 0.3) is 0 Å². The van der Waals surface area contributed by atoms with Crippen LogP contribution in [0.15, 0.2) is 28.2 Å². The molecule has 0 bridgehead atoms. The van der Waals surface area contributed by atoms with Crippen molar-refractivity contribution in [2.24, 2.45) is 21.5 Å². The molecular weight excluding hydrogens is 468 g/mol. The SMILES string of the molecule is NC1=NC2[C@H](CN3C(=O)CCC3=O)N=C(N)N3CC(NC(=O)c4cccc5c4CCC5)C(O)(O)[C@@]23N1. The van der Waals surface area contributed by atoms with Crippen molar-refractivity contribution in [2.45, 2.75) is 61.7 Å². The average Bonchev–Trinajstić information content (AvgIpc) is 3.57. The molecule has 6 rings (SSSR count). The number of amides is 3. The van der Waals surface area contributed by atoms with Gasteiger partial charge < -0.3 is 37.2 Å². The zero-order valence-electron chi connectivity index (χ0n) is 19.5. The Bertz CT molecular complexity index is 1230. The third-order valence-corrected chi connectivity index (χ3v) is 8.02. The lowest BCUT2D eigenvalue weighted by molar-refractivity contribution is -0.230. The van der Waals surface area contributed by atoms with Crippen LogP contribution in [0.4, 0.5) is 0 Å². The van der Waals surface area contributed by atoms with Gasteiger partial charge in [0.05, 0.1) is 12.6 Å². The quantitative estimate of drug-likeness (QED) is 0.187. The maximum Gasteiger partial charge on any atom is 0.252 e. The van der Waals surface area contributed by atoms with Crippen LogP contribution in [0.3, 0.4) is 0 Å². The lowest BCUT2D eigenvalue weighted by Crippen LogP contribution is -2.78. The highest BCUT2D eigenvalue weighted by Crippen LogP contribution is 2.45. The zero-order chi connectivity index (χ0) is 25.4. The third kappa shape index (κ3) is 2.99. The Balaban J connectivity index is 1.32. The van der Waals surface area contributed by atoms with Crippen molar-refractivity contribution in [3.8, 4) is 0 Å². The minimum Gasteiger partial charge on any atom is -0.370 e. The van der Waals surface area contributed by atoms with Gasteiger partial charge in [-0.05, 0) is 36.5 Å². The Kier molecular flexibility index (Phi) is 4.83. The van der Waals surface area contributed by atoms with Crippen molar-refractivity contribution in [2.75, 3.05) is 13.1 Å². The van der Waals surface area contributed by atoms with Gasteiger partial charge in [-0.3, -0.25) is 19.3 Å². The molecular formula is C23H28N8O5. The van der Waals surface area contributed by atoms with E-state index in [1.807, 2.05) is 12.1 Å². The summed E-state index contributed by atoms with van der Waals surface area (Å²) in [5.74, 6) is -3.80. The lowest BCUT2D eigenvalue weighted by Gasteiger charge is -2.49. The molecule has 4 atom stereocenters. The van der Waals surface area contributed by atoms with Crippen molar-refractivity contribution in [1.29, 1.82) is 0 Å². The molecule has 4 heterocycles. The van der Waals surface area contributed by atoms with E-state index in [0.29, 0.717) is 5.56 Å². The minimum absolute atomic E-state index is 0.0439. The predicted octanol–water partition coefficient (Wildman–Crippen LogP) is -2.90. The average molecular weight is 497 g/mol. The Morgan fingerprint density at radius 1 is 1.14 bits per heavy atom. The van der Waals surface area contributed by atoms with Gasteiger partial charge >= 0.3 is 0 Å². The van der Waals surface area contributed by atoms with E-state index in [2.05, 4.69) is 20.6 Å². The molecule has 0 radical (unpaired) electrons. The monoisotopic (exact) mass is 496 g/mol. The number of carbonyl (C=O) groups excluding carboxylic acids is 3. The first-order valence-corrected chi connectivity index (χ1v) is 12.1. The van der Waals surface area contributed by atoms with Crippen molar-refractivity contribution in [3.05, 3.63) is 34.9 Å². The number of aliphatic imine (C=N–C) groups is 2. The molecule has 13 heteroatoms.